The Hall–Kier alpha value is -0.520. The van der Waals surface area contributed by atoms with Crippen LogP contribution < -0.4 is 0 Å². The van der Waals surface area contributed by atoms with E-state index in [2.05, 4.69) is 5.92 Å². The van der Waals surface area contributed by atoms with Gasteiger partial charge in [-0.25, -0.2) is 0 Å². The molecule has 0 aromatic heterocycles. The molecule has 0 aliphatic heterocycles. The number of aliphatic hydroxyl groups excluding tert-OH is 2. The second-order valence-corrected chi connectivity index (χ2v) is 1.57. The van der Waals surface area contributed by atoms with Crippen molar-refractivity contribution in [2.24, 2.45) is 0 Å². The lowest BCUT2D eigenvalue weighted by atomic mass is 10.2. The maximum Gasteiger partial charge on any atom is 0.0671 e. The normalized spacial score (nSPS) is 12.6. The first-order valence-electron chi connectivity index (χ1n) is 2.53. The lowest BCUT2D eigenvalue weighted by Gasteiger charge is -2.00. The van der Waals surface area contributed by atoms with Crippen LogP contribution in [0, 0.1) is 12.3 Å². The molecular weight excluding hydrogens is 104 g/mol. The first-order chi connectivity index (χ1) is 3.81. The zero-order chi connectivity index (χ0) is 6.41. The zero-order valence-corrected chi connectivity index (χ0v) is 4.67. The van der Waals surface area contributed by atoms with Crippen LogP contribution in [0.3, 0.4) is 0 Å². The van der Waals surface area contributed by atoms with Crippen LogP contribution in [0.5, 0.6) is 0 Å². The summed E-state index contributed by atoms with van der Waals surface area (Å²) in [6, 6.07) is 0. The molecular formula is C6H10O2. The molecule has 0 spiro atoms. The summed E-state index contributed by atoms with van der Waals surface area (Å²) in [6.45, 7) is 0.00282. The van der Waals surface area contributed by atoms with Gasteiger partial charge in [0.25, 0.3) is 0 Å². The number of terminal acetylenes is 1. The summed E-state index contributed by atoms with van der Waals surface area (Å²) in [5.74, 6) is 2.29. The molecule has 0 rings (SSSR count). The van der Waals surface area contributed by atoms with Crippen molar-refractivity contribution in [3.05, 3.63) is 0 Å². The average molecular weight is 114 g/mol. The smallest absolute Gasteiger partial charge is 0.0671 e. The number of hydrogen-bond acceptors (Lipinski definition) is 2. The first-order valence-corrected chi connectivity index (χ1v) is 2.53. The second-order valence-electron chi connectivity index (χ2n) is 1.57. The largest absolute Gasteiger partial charge is 0.396 e. The van der Waals surface area contributed by atoms with Gasteiger partial charge in [-0.2, -0.15) is 0 Å². The molecule has 0 aliphatic rings. The zero-order valence-electron chi connectivity index (χ0n) is 4.67. The summed E-state index contributed by atoms with van der Waals surface area (Å²) in [7, 11) is 0. The van der Waals surface area contributed by atoms with E-state index in [9.17, 15) is 0 Å². The third-order valence-electron chi connectivity index (χ3n) is 0.816. The molecule has 0 aliphatic carbocycles. The van der Waals surface area contributed by atoms with Crippen LogP contribution in [0.2, 0.25) is 0 Å². The van der Waals surface area contributed by atoms with Crippen LogP contribution in [-0.2, 0) is 0 Å². The van der Waals surface area contributed by atoms with Gasteiger partial charge >= 0.3 is 0 Å². The van der Waals surface area contributed by atoms with Crippen LogP contribution >= 0.6 is 0 Å². The fourth-order valence-electron chi connectivity index (χ4n) is 0.387. The van der Waals surface area contributed by atoms with Crippen molar-refractivity contribution in [2.75, 3.05) is 6.61 Å². The van der Waals surface area contributed by atoms with Crippen molar-refractivity contribution in [2.45, 2.75) is 18.9 Å². The summed E-state index contributed by atoms with van der Waals surface area (Å²) in [4.78, 5) is 0. The maximum atomic E-state index is 8.75. The Labute approximate surface area is 49.2 Å². The topological polar surface area (TPSA) is 40.5 Å². The molecule has 0 amide bonds. The lowest BCUT2D eigenvalue weighted by molar-refractivity contribution is 0.137. The fourth-order valence-corrected chi connectivity index (χ4v) is 0.387. The Bertz CT molecular complexity index is 83.0. The summed E-state index contributed by atoms with van der Waals surface area (Å²) < 4.78 is 0. The monoisotopic (exact) mass is 114 g/mol. The fraction of sp³-hybridized carbons (Fsp3) is 0.667. The maximum absolute atomic E-state index is 8.75. The molecule has 0 radical (unpaired) electrons. The van der Waals surface area contributed by atoms with Gasteiger partial charge in [0.05, 0.1) is 6.10 Å². The second kappa shape index (κ2) is 4.63. The van der Waals surface area contributed by atoms with Gasteiger partial charge in [0, 0.05) is 13.0 Å². The van der Waals surface area contributed by atoms with E-state index < -0.39 is 6.10 Å². The molecule has 46 valence electrons. The molecule has 0 bridgehead atoms. The van der Waals surface area contributed by atoms with Gasteiger partial charge in [0.15, 0.2) is 0 Å². The summed E-state index contributed by atoms with van der Waals surface area (Å²) in [5, 5.41) is 17.0. The van der Waals surface area contributed by atoms with Gasteiger partial charge in [-0.1, -0.05) is 0 Å². The predicted molar refractivity (Wildman–Crippen MR) is 31.2 cm³/mol. The molecule has 0 saturated carbocycles. The summed E-state index contributed by atoms with van der Waals surface area (Å²) >= 11 is 0. The highest BCUT2D eigenvalue weighted by Gasteiger charge is 1.97. The van der Waals surface area contributed by atoms with E-state index in [0.29, 0.717) is 12.8 Å². The van der Waals surface area contributed by atoms with Crippen molar-refractivity contribution >= 4 is 0 Å². The Kier molecular flexibility index (Phi) is 4.33. The van der Waals surface area contributed by atoms with Crippen LogP contribution in [0.25, 0.3) is 0 Å². The predicted octanol–water partition coefficient (Wildman–Crippen LogP) is -0.247. The molecule has 0 fully saturated rings. The lowest BCUT2D eigenvalue weighted by Crippen LogP contribution is -2.06. The molecule has 1 atom stereocenters. The molecule has 8 heavy (non-hydrogen) atoms. The third-order valence-corrected chi connectivity index (χ3v) is 0.816. The Morgan fingerprint density at radius 1 is 1.62 bits per heavy atom. The Morgan fingerprint density at radius 3 is 2.62 bits per heavy atom. The standard InChI is InChI=1S/C6H10O2/c1-2-3-6(8)4-5-7/h1,6-8H,3-5H2/t6-/m0/s1. The number of aliphatic hydroxyl groups is 2. The minimum Gasteiger partial charge on any atom is -0.396 e. The summed E-state index contributed by atoms with van der Waals surface area (Å²) in [5.41, 5.74) is 0. The Morgan fingerprint density at radius 2 is 2.25 bits per heavy atom. The van der Waals surface area contributed by atoms with Gasteiger partial charge in [0.1, 0.15) is 0 Å². The van der Waals surface area contributed by atoms with Gasteiger partial charge in [0.2, 0.25) is 0 Å². The van der Waals surface area contributed by atoms with Crippen molar-refractivity contribution in [3.8, 4) is 12.3 Å². The molecule has 0 aromatic rings. The van der Waals surface area contributed by atoms with E-state index in [-0.39, 0.29) is 6.61 Å². The highest BCUT2D eigenvalue weighted by Crippen LogP contribution is 1.93. The van der Waals surface area contributed by atoms with Gasteiger partial charge in [-0.3, -0.25) is 0 Å². The molecule has 2 nitrogen and oxygen atoms in total. The van der Waals surface area contributed by atoms with E-state index in [1.165, 1.54) is 0 Å². The van der Waals surface area contributed by atoms with Gasteiger partial charge in [-0.15, -0.1) is 12.3 Å². The van der Waals surface area contributed by atoms with Crippen LogP contribution in [0.4, 0.5) is 0 Å². The van der Waals surface area contributed by atoms with E-state index in [4.69, 9.17) is 16.6 Å². The SMILES string of the molecule is C#CC[C@H](O)CCO. The molecule has 2 N–H and O–H groups in total. The van der Waals surface area contributed by atoms with E-state index in [0.717, 1.165) is 0 Å². The van der Waals surface area contributed by atoms with E-state index in [1.807, 2.05) is 0 Å². The first kappa shape index (κ1) is 7.48. The molecule has 0 unspecified atom stereocenters. The van der Waals surface area contributed by atoms with Crippen molar-refractivity contribution in [3.63, 3.8) is 0 Å². The molecule has 0 heterocycles. The van der Waals surface area contributed by atoms with Crippen molar-refractivity contribution < 1.29 is 10.2 Å². The van der Waals surface area contributed by atoms with E-state index in [1.54, 1.807) is 0 Å². The van der Waals surface area contributed by atoms with Crippen molar-refractivity contribution in [1.29, 1.82) is 0 Å². The highest BCUT2D eigenvalue weighted by molar-refractivity contribution is 4.86. The van der Waals surface area contributed by atoms with Gasteiger partial charge < -0.3 is 10.2 Å². The summed E-state index contributed by atoms with van der Waals surface area (Å²) in [6.07, 6.45) is 5.06. The molecule has 2 heteroatoms. The van der Waals surface area contributed by atoms with E-state index >= 15 is 0 Å². The van der Waals surface area contributed by atoms with Crippen LogP contribution in [0.1, 0.15) is 12.8 Å². The average Bonchev–Trinajstić information content (AvgIpc) is 1.68. The molecule has 0 aromatic carbocycles. The number of rotatable bonds is 3. The van der Waals surface area contributed by atoms with Crippen LogP contribution in [-0.4, -0.2) is 22.9 Å². The minimum atomic E-state index is -0.523. The van der Waals surface area contributed by atoms with Crippen molar-refractivity contribution in [1.82, 2.24) is 0 Å². The third kappa shape index (κ3) is 3.66. The van der Waals surface area contributed by atoms with Gasteiger partial charge in [-0.05, 0) is 6.42 Å². The minimum absolute atomic E-state index is 0.00282. The highest BCUT2D eigenvalue weighted by atomic mass is 16.3. The Balaban J connectivity index is 3.08. The van der Waals surface area contributed by atoms with Crippen LogP contribution in [0.15, 0.2) is 0 Å². The quantitative estimate of drug-likeness (QED) is 0.497. The molecule has 0 saturated heterocycles. The number of hydrogen-bond donors (Lipinski definition) is 2.